The van der Waals surface area contributed by atoms with Crippen molar-refractivity contribution in [2.24, 2.45) is 0 Å². The van der Waals surface area contributed by atoms with Gasteiger partial charge in [0.15, 0.2) is 0 Å². The van der Waals surface area contributed by atoms with Gasteiger partial charge in [0.25, 0.3) is 0 Å². The third kappa shape index (κ3) is 1.80. The van der Waals surface area contributed by atoms with Crippen LogP contribution >= 0.6 is 8.17 Å². The molecule has 6 rings (SSSR count). The van der Waals surface area contributed by atoms with Crippen molar-refractivity contribution in [1.29, 1.82) is 0 Å². The van der Waals surface area contributed by atoms with Crippen molar-refractivity contribution in [3.63, 3.8) is 0 Å². The zero-order chi connectivity index (χ0) is 16.4. The number of fused-ring (bicyclic) bond motifs is 6. The van der Waals surface area contributed by atoms with Crippen molar-refractivity contribution in [2.75, 3.05) is 0 Å². The first-order valence-corrected chi connectivity index (χ1v) is 9.74. The van der Waals surface area contributed by atoms with Crippen molar-refractivity contribution in [1.82, 2.24) is 0 Å². The number of rotatable bonds is 0. The summed E-state index contributed by atoms with van der Waals surface area (Å²) in [4.78, 5) is 0. The first kappa shape index (κ1) is 13.3. The van der Waals surface area contributed by atoms with Gasteiger partial charge < -0.3 is 0 Å². The average Bonchev–Trinajstić information content (AvgIpc) is 3.21. The Hall–Kier alpha value is -2.97. The molecule has 0 amide bonds. The van der Waals surface area contributed by atoms with Crippen molar-refractivity contribution < 1.29 is 18.1 Å². The van der Waals surface area contributed by atoms with Crippen LogP contribution in [0.25, 0.3) is 21.5 Å². The van der Waals surface area contributed by atoms with Gasteiger partial charge in [-0.25, -0.2) is 0 Å². The molecule has 122 valence electrons. The molecule has 0 N–H and O–H groups in total. The first-order valence-electron chi connectivity index (χ1n) is 8.11. The summed E-state index contributed by atoms with van der Waals surface area (Å²) in [6.07, 6.45) is 0. The second kappa shape index (κ2) is 4.56. The van der Waals surface area contributed by atoms with Crippen LogP contribution in [-0.4, -0.2) is 0 Å². The molecule has 2 heterocycles. The van der Waals surface area contributed by atoms with Gasteiger partial charge in [-0.1, -0.05) is 0 Å². The molecule has 1 spiro atoms. The number of hydrogen-bond donors (Lipinski definition) is 0. The topological polar surface area (TPSA) is 36.9 Å². The summed E-state index contributed by atoms with van der Waals surface area (Å²) in [5.74, 6) is 2.73. The first-order chi connectivity index (χ1) is 12.3. The molecule has 0 aromatic heterocycles. The minimum atomic E-state index is -3.31. The van der Waals surface area contributed by atoms with E-state index in [0.29, 0.717) is 23.0 Å². The predicted octanol–water partition coefficient (Wildman–Crippen LogP) is 5.65. The van der Waals surface area contributed by atoms with Gasteiger partial charge in [-0.05, 0) is 0 Å². The number of hydrogen-bond acceptors (Lipinski definition) is 4. The van der Waals surface area contributed by atoms with Gasteiger partial charge in [0.05, 0.1) is 0 Å². The number of benzene rings is 4. The van der Waals surface area contributed by atoms with Gasteiger partial charge in [-0.3, -0.25) is 0 Å². The summed E-state index contributed by atoms with van der Waals surface area (Å²) in [7, 11) is -3.31. The molecule has 0 fully saturated rings. The fraction of sp³-hybridized carbons (Fsp3) is 0. The van der Waals surface area contributed by atoms with Crippen molar-refractivity contribution in [3.05, 3.63) is 72.8 Å². The molecule has 0 unspecified atom stereocenters. The Labute approximate surface area is 144 Å². The maximum atomic E-state index is 6.17. The molecular weight excluding hydrogens is 335 g/mol. The van der Waals surface area contributed by atoms with E-state index in [9.17, 15) is 0 Å². The third-order valence-corrected chi connectivity index (χ3v) is 6.46. The predicted molar refractivity (Wildman–Crippen MR) is 98.7 cm³/mol. The van der Waals surface area contributed by atoms with Gasteiger partial charge in [0.2, 0.25) is 0 Å². The van der Waals surface area contributed by atoms with E-state index < -0.39 is 8.17 Å². The standard InChI is InChI=1S/C20H13O4P/c1-3-7-15-13(5-1)9-11-17-19(15)23-25(21-17)22-18-12-10-14-6-2-4-8-16(14)20(18)24-25/h1-12,25H. The molecule has 2 aliphatic heterocycles. The Morgan fingerprint density at radius 1 is 0.480 bits per heavy atom. The Balaban J connectivity index is 1.48. The van der Waals surface area contributed by atoms with Gasteiger partial charge in [0, 0.05) is 0 Å². The van der Waals surface area contributed by atoms with E-state index in [2.05, 4.69) is 0 Å². The van der Waals surface area contributed by atoms with Crippen LogP contribution in [0.5, 0.6) is 23.0 Å². The van der Waals surface area contributed by atoms with Crippen molar-refractivity contribution in [3.8, 4) is 23.0 Å². The molecular formula is C20H13O4P. The molecule has 0 radical (unpaired) electrons. The quantitative estimate of drug-likeness (QED) is 0.385. The Morgan fingerprint density at radius 3 is 1.48 bits per heavy atom. The monoisotopic (exact) mass is 348 g/mol. The van der Waals surface area contributed by atoms with Crippen LogP contribution in [0.1, 0.15) is 0 Å². The molecule has 4 aromatic carbocycles. The molecule has 0 saturated carbocycles. The van der Waals surface area contributed by atoms with Crippen LogP contribution in [0.3, 0.4) is 0 Å². The molecule has 0 bridgehead atoms. The van der Waals surface area contributed by atoms with Crippen LogP contribution in [-0.2, 0) is 0 Å². The van der Waals surface area contributed by atoms with Gasteiger partial charge in [0.1, 0.15) is 0 Å². The molecule has 0 atom stereocenters. The van der Waals surface area contributed by atoms with Gasteiger partial charge >= 0.3 is 144 Å². The van der Waals surface area contributed by atoms with Crippen LogP contribution in [0.2, 0.25) is 0 Å². The Kier molecular flexibility index (Phi) is 2.43. The van der Waals surface area contributed by atoms with E-state index in [0.717, 1.165) is 21.5 Å². The Morgan fingerprint density at radius 2 is 0.960 bits per heavy atom. The summed E-state index contributed by atoms with van der Waals surface area (Å²) in [6.45, 7) is 0. The third-order valence-electron chi connectivity index (χ3n) is 4.61. The van der Waals surface area contributed by atoms with Crippen LogP contribution in [0, 0.1) is 0 Å². The van der Waals surface area contributed by atoms with Crippen molar-refractivity contribution >= 4 is 29.7 Å². The zero-order valence-electron chi connectivity index (χ0n) is 13.1. The summed E-state index contributed by atoms with van der Waals surface area (Å²) in [6, 6.07) is 23.9. The summed E-state index contributed by atoms with van der Waals surface area (Å²) in [5, 5.41) is 4.18. The maximum absolute atomic E-state index is 6.17. The second-order valence-electron chi connectivity index (χ2n) is 6.14. The van der Waals surface area contributed by atoms with E-state index in [1.165, 1.54) is 0 Å². The second-order valence-corrected chi connectivity index (χ2v) is 7.95. The van der Waals surface area contributed by atoms with Crippen molar-refractivity contribution in [2.45, 2.75) is 0 Å². The Bertz CT molecular complexity index is 1080. The fourth-order valence-electron chi connectivity index (χ4n) is 3.46. The fourth-order valence-corrected chi connectivity index (χ4v) is 5.49. The SMILES string of the molecule is c1ccc2c3c(ccc2c1)O[PH]1(Oc2ccc4ccccc4c2O1)O3. The molecule has 0 aliphatic carbocycles. The van der Waals surface area contributed by atoms with Crippen LogP contribution in [0.4, 0.5) is 0 Å². The average molecular weight is 348 g/mol. The zero-order valence-corrected chi connectivity index (χ0v) is 14.1. The normalized spacial score (nSPS) is 17.3. The molecule has 4 aromatic rings. The van der Waals surface area contributed by atoms with E-state index in [1.807, 2.05) is 72.8 Å². The molecule has 5 heteroatoms. The van der Waals surface area contributed by atoms with Gasteiger partial charge in [-0.2, -0.15) is 0 Å². The van der Waals surface area contributed by atoms with E-state index >= 15 is 0 Å². The summed E-state index contributed by atoms with van der Waals surface area (Å²) < 4.78 is 24.5. The summed E-state index contributed by atoms with van der Waals surface area (Å²) >= 11 is 0. The van der Waals surface area contributed by atoms with Crippen LogP contribution < -0.4 is 18.1 Å². The van der Waals surface area contributed by atoms with Gasteiger partial charge in [-0.15, -0.1) is 0 Å². The molecule has 2 aliphatic rings. The minimum absolute atomic E-state index is 0.669. The van der Waals surface area contributed by atoms with E-state index in [4.69, 9.17) is 18.1 Å². The molecule has 25 heavy (non-hydrogen) atoms. The van der Waals surface area contributed by atoms with Crippen LogP contribution in [0.15, 0.2) is 72.8 Å². The van der Waals surface area contributed by atoms with E-state index in [1.54, 1.807) is 0 Å². The molecule has 4 nitrogen and oxygen atoms in total. The molecule has 0 saturated heterocycles. The van der Waals surface area contributed by atoms with E-state index in [-0.39, 0.29) is 0 Å². The summed E-state index contributed by atoms with van der Waals surface area (Å²) in [5.41, 5.74) is 0.